The maximum atomic E-state index is 11.9. The summed E-state index contributed by atoms with van der Waals surface area (Å²) in [4.78, 5) is 11.9. The molecule has 2 aliphatic rings. The Bertz CT molecular complexity index is 217. The van der Waals surface area contributed by atoms with E-state index in [1.165, 1.54) is 12.8 Å². The lowest BCUT2D eigenvalue weighted by molar-refractivity contribution is -0.135. The van der Waals surface area contributed by atoms with Crippen LogP contribution in [-0.4, -0.2) is 25.7 Å². The topological polar surface area (TPSA) is 38.3 Å². The molecule has 2 rings (SSSR count). The number of amides is 1. The summed E-state index contributed by atoms with van der Waals surface area (Å²) in [6.45, 7) is 4.40. The van der Waals surface area contributed by atoms with Crippen LogP contribution in [0.25, 0.3) is 0 Å². The van der Waals surface area contributed by atoms with Crippen molar-refractivity contribution in [3.63, 3.8) is 0 Å². The first-order valence-corrected chi connectivity index (χ1v) is 5.57. The Morgan fingerprint density at radius 2 is 2.07 bits per heavy atom. The summed E-state index contributed by atoms with van der Waals surface area (Å²) < 4.78 is 5.27. The molecule has 1 amide bonds. The van der Waals surface area contributed by atoms with E-state index in [2.05, 4.69) is 12.2 Å². The van der Waals surface area contributed by atoms with Gasteiger partial charge in [0, 0.05) is 19.8 Å². The number of ether oxygens (including phenoxy) is 1. The van der Waals surface area contributed by atoms with E-state index in [1.807, 2.05) is 0 Å². The Hall–Kier alpha value is -0.570. The average Bonchev–Trinajstić information content (AvgIpc) is 2.99. The van der Waals surface area contributed by atoms with Crippen LogP contribution in [0.3, 0.4) is 0 Å². The van der Waals surface area contributed by atoms with Crippen molar-refractivity contribution >= 4 is 5.91 Å². The van der Waals surface area contributed by atoms with Gasteiger partial charge in [-0.05, 0) is 31.6 Å². The van der Waals surface area contributed by atoms with Crippen molar-refractivity contribution in [2.75, 3.05) is 19.8 Å². The standard InChI is InChI=1S/C11H19NO2/c1-11(4-6-14-7-5-11)10(13)12-8-9-2-3-9/h9H,2-8H2,1H3,(H,12,13). The van der Waals surface area contributed by atoms with Crippen LogP contribution in [0.1, 0.15) is 32.6 Å². The molecule has 1 saturated carbocycles. The zero-order chi connectivity index (χ0) is 10.0. The van der Waals surface area contributed by atoms with E-state index in [0.717, 1.165) is 38.5 Å². The van der Waals surface area contributed by atoms with Crippen LogP contribution in [0.2, 0.25) is 0 Å². The lowest BCUT2D eigenvalue weighted by atomic mass is 9.81. The summed E-state index contributed by atoms with van der Waals surface area (Å²) in [5.74, 6) is 0.995. The molecule has 1 heterocycles. The molecule has 0 atom stereocenters. The molecule has 3 nitrogen and oxygen atoms in total. The average molecular weight is 197 g/mol. The third-order valence-electron chi connectivity index (χ3n) is 3.39. The lowest BCUT2D eigenvalue weighted by Gasteiger charge is -2.31. The van der Waals surface area contributed by atoms with E-state index >= 15 is 0 Å². The zero-order valence-electron chi connectivity index (χ0n) is 8.84. The molecule has 0 aromatic rings. The van der Waals surface area contributed by atoms with E-state index < -0.39 is 0 Å². The van der Waals surface area contributed by atoms with Crippen molar-refractivity contribution in [3.05, 3.63) is 0 Å². The summed E-state index contributed by atoms with van der Waals surface area (Å²) in [7, 11) is 0. The van der Waals surface area contributed by atoms with Crippen molar-refractivity contribution in [1.29, 1.82) is 0 Å². The first-order chi connectivity index (χ1) is 6.71. The predicted molar refractivity (Wildman–Crippen MR) is 53.9 cm³/mol. The number of rotatable bonds is 3. The summed E-state index contributed by atoms with van der Waals surface area (Å²) in [6.07, 6.45) is 4.31. The first-order valence-electron chi connectivity index (χ1n) is 5.57. The molecule has 0 aromatic carbocycles. The van der Waals surface area contributed by atoms with Gasteiger partial charge in [-0.15, -0.1) is 0 Å². The van der Waals surface area contributed by atoms with Gasteiger partial charge in [-0.3, -0.25) is 4.79 Å². The van der Waals surface area contributed by atoms with Crippen LogP contribution in [0, 0.1) is 11.3 Å². The quantitative estimate of drug-likeness (QED) is 0.741. The van der Waals surface area contributed by atoms with Crippen LogP contribution < -0.4 is 5.32 Å². The molecule has 14 heavy (non-hydrogen) atoms. The number of carbonyl (C=O) groups excluding carboxylic acids is 1. The normalized spacial score (nSPS) is 25.8. The van der Waals surface area contributed by atoms with Gasteiger partial charge in [0.25, 0.3) is 0 Å². The van der Waals surface area contributed by atoms with Gasteiger partial charge in [0.2, 0.25) is 5.91 Å². The molecule has 1 saturated heterocycles. The SMILES string of the molecule is CC1(C(=O)NCC2CC2)CCOCC1. The fraction of sp³-hybridized carbons (Fsp3) is 0.909. The van der Waals surface area contributed by atoms with Gasteiger partial charge in [-0.1, -0.05) is 6.92 Å². The molecule has 1 aliphatic heterocycles. The van der Waals surface area contributed by atoms with Crippen LogP contribution in [-0.2, 0) is 9.53 Å². The van der Waals surface area contributed by atoms with Crippen LogP contribution in [0.4, 0.5) is 0 Å². The van der Waals surface area contributed by atoms with Crippen LogP contribution >= 0.6 is 0 Å². The van der Waals surface area contributed by atoms with Gasteiger partial charge in [-0.2, -0.15) is 0 Å². The number of nitrogens with one attached hydrogen (secondary N) is 1. The number of carbonyl (C=O) groups is 1. The highest BCUT2D eigenvalue weighted by molar-refractivity contribution is 5.82. The van der Waals surface area contributed by atoms with Gasteiger partial charge in [-0.25, -0.2) is 0 Å². The maximum absolute atomic E-state index is 11.9. The van der Waals surface area contributed by atoms with Crippen LogP contribution in [0.15, 0.2) is 0 Å². The fourth-order valence-electron chi connectivity index (χ4n) is 1.82. The molecule has 0 unspecified atom stereocenters. The Kier molecular flexibility index (Phi) is 2.77. The van der Waals surface area contributed by atoms with Gasteiger partial charge in [0.05, 0.1) is 5.41 Å². The van der Waals surface area contributed by atoms with Crippen molar-refractivity contribution in [2.45, 2.75) is 32.6 Å². The smallest absolute Gasteiger partial charge is 0.226 e. The van der Waals surface area contributed by atoms with Gasteiger partial charge < -0.3 is 10.1 Å². The molecule has 1 N–H and O–H groups in total. The van der Waals surface area contributed by atoms with E-state index in [9.17, 15) is 4.79 Å². The lowest BCUT2D eigenvalue weighted by Crippen LogP contribution is -2.43. The second-order valence-electron chi connectivity index (χ2n) is 4.83. The molecular weight excluding hydrogens is 178 g/mol. The molecule has 2 fully saturated rings. The molecule has 80 valence electrons. The van der Waals surface area contributed by atoms with E-state index in [4.69, 9.17) is 4.74 Å². The van der Waals surface area contributed by atoms with Gasteiger partial charge >= 0.3 is 0 Å². The monoisotopic (exact) mass is 197 g/mol. The minimum atomic E-state index is -0.173. The third-order valence-corrected chi connectivity index (χ3v) is 3.39. The Morgan fingerprint density at radius 1 is 1.43 bits per heavy atom. The molecular formula is C11H19NO2. The first kappa shape index (κ1) is 9.97. The van der Waals surface area contributed by atoms with Crippen LogP contribution in [0.5, 0.6) is 0 Å². The van der Waals surface area contributed by atoms with Crippen molar-refractivity contribution in [2.24, 2.45) is 11.3 Å². The highest BCUT2D eigenvalue weighted by Gasteiger charge is 2.35. The van der Waals surface area contributed by atoms with Gasteiger partial charge in [0.1, 0.15) is 0 Å². The Labute approximate surface area is 85.2 Å². The molecule has 0 aromatic heterocycles. The van der Waals surface area contributed by atoms with E-state index in [0.29, 0.717) is 0 Å². The minimum absolute atomic E-state index is 0.173. The summed E-state index contributed by atoms with van der Waals surface area (Å²) in [6, 6.07) is 0. The Morgan fingerprint density at radius 3 is 2.64 bits per heavy atom. The zero-order valence-corrected chi connectivity index (χ0v) is 8.84. The largest absolute Gasteiger partial charge is 0.381 e. The number of hydrogen-bond acceptors (Lipinski definition) is 2. The van der Waals surface area contributed by atoms with Crippen molar-refractivity contribution in [1.82, 2.24) is 5.32 Å². The summed E-state index contributed by atoms with van der Waals surface area (Å²) >= 11 is 0. The van der Waals surface area contributed by atoms with Gasteiger partial charge in [0.15, 0.2) is 0 Å². The molecule has 0 radical (unpaired) electrons. The third kappa shape index (κ3) is 2.27. The van der Waals surface area contributed by atoms with Crippen molar-refractivity contribution in [3.8, 4) is 0 Å². The molecule has 3 heteroatoms. The minimum Gasteiger partial charge on any atom is -0.381 e. The summed E-state index contributed by atoms with van der Waals surface area (Å²) in [5, 5.41) is 3.06. The second-order valence-corrected chi connectivity index (χ2v) is 4.83. The Balaban J connectivity index is 1.80. The predicted octanol–water partition coefficient (Wildman–Crippen LogP) is 1.33. The molecule has 1 aliphatic carbocycles. The van der Waals surface area contributed by atoms with Crippen molar-refractivity contribution < 1.29 is 9.53 Å². The second kappa shape index (κ2) is 3.89. The summed E-state index contributed by atoms with van der Waals surface area (Å²) in [5.41, 5.74) is -0.173. The highest BCUT2D eigenvalue weighted by Crippen LogP contribution is 2.31. The molecule has 0 spiro atoms. The highest BCUT2D eigenvalue weighted by atomic mass is 16.5. The van der Waals surface area contributed by atoms with E-state index in [1.54, 1.807) is 0 Å². The fourth-order valence-corrected chi connectivity index (χ4v) is 1.82. The maximum Gasteiger partial charge on any atom is 0.226 e. The van der Waals surface area contributed by atoms with E-state index in [-0.39, 0.29) is 11.3 Å². The number of hydrogen-bond donors (Lipinski definition) is 1. The molecule has 0 bridgehead atoms.